The van der Waals surface area contributed by atoms with Gasteiger partial charge >= 0.3 is 0 Å². The number of para-hydroxylation sites is 2. The van der Waals surface area contributed by atoms with Crippen molar-refractivity contribution in [1.82, 2.24) is 0 Å². The fraction of sp³-hybridized carbons (Fsp3) is 0.250. The molecule has 3 rings (SSSR count). The minimum Gasteiger partial charge on any atom is -0.488 e. The minimum absolute atomic E-state index is 0.0202. The van der Waals surface area contributed by atoms with E-state index in [4.69, 9.17) is 32.7 Å². The molecule has 1 heterocycles. The van der Waals surface area contributed by atoms with Crippen LogP contribution in [0.4, 0.5) is 0 Å². The van der Waals surface area contributed by atoms with Crippen LogP contribution in [0.1, 0.15) is 11.1 Å². The van der Waals surface area contributed by atoms with E-state index in [2.05, 4.69) is 6.07 Å². The standard InChI is InChI=1S/C16H14Cl2O2/c17-9-12-5-3-6-14(18)16(12)19-10-13-8-11-4-1-2-7-15(11)20-13/h1-7,13H,8-10H2. The van der Waals surface area contributed by atoms with Crippen LogP contribution in [-0.4, -0.2) is 12.7 Å². The summed E-state index contributed by atoms with van der Waals surface area (Å²) in [4.78, 5) is 0. The third-order valence-corrected chi connectivity index (χ3v) is 3.91. The average Bonchev–Trinajstić information content (AvgIpc) is 2.88. The van der Waals surface area contributed by atoms with Gasteiger partial charge in [-0.2, -0.15) is 0 Å². The number of halogens is 2. The lowest BCUT2D eigenvalue weighted by Gasteiger charge is -2.15. The highest BCUT2D eigenvalue weighted by Gasteiger charge is 2.23. The molecule has 1 aliphatic heterocycles. The van der Waals surface area contributed by atoms with E-state index in [0.29, 0.717) is 23.3 Å². The highest BCUT2D eigenvalue weighted by molar-refractivity contribution is 6.32. The first-order chi connectivity index (χ1) is 9.78. The third-order valence-electron chi connectivity index (χ3n) is 3.32. The second-order valence-electron chi connectivity index (χ2n) is 4.72. The lowest BCUT2D eigenvalue weighted by Crippen LogP contribution is -2.22. The molecular weight excluding hydrogens is 295 g/mol. The summed E-state index contributed by atoms with van der Waals surface area (Å²) < 4.78 is 11.7. The predicted octanol–water partition coefficient (Wildman–Crippen LogP) is 4.46. The number of ether oxygens (including phenoxy) is 2. The van der Waals surface area contributed by atoms with Crippen LogP contribution >= 0.6 is 23.2 Å². The Kier molecular flexibility index (Phi) is 4.04. The molecule has 0 amide bonds. The fourth-order valence-electron chi connectivity index (χ4n) is 2.34. The summed E-state index contributed by atoms with van der Waals surface area (Å²) in [6.45, 7) is 0.461. The van der Waals surface area contributed by atoms with Crippen molar-refractivity contribution in [3.8, 4) is 11.5 Å². The monoisotopic (exact) mass is 308 g/mol. The van der Waals surface area contributed by atoms with Crippen molar-refractivity contribution in [3.63, 3.8) is 0 Å². The molecule has 1 unspecified atom stereocenters. The number of fused-ring (bicyclic) bond motifs is 1. The Bertz CT molecular complexity index is 588. The molecule has 0 aromatic heterocycles. The zero-order valence-corrected chi connectivity index (χ0v) is 12.3. The summed E-state index contributed by atoms with van der Waals surface area (Å²) in [5.74, 6) is 1.98. The maximum absolute atomic E-state index is 6.16. The topological polar surface area (TPSA) is 18.5 Å². The molecule has 0 bridgehead atoms. The molecule has 0 radical (unpaired) electrons. The Hall–Kier alpha value is -1.38. The molecule has 20 heavy (non-hydrogen) atoms. The fourth-order valence-corrected chi connectivity index (χ4v) is 2.80. The molecular formula is C16H14Cl2O2. The second-order valence-corrected chi connectivity index (χ2v) is 5.40. The average molecular weight is 309 g/mol. The number of rotatable bonds is 4. The zero-order valence-electron chi connectivity index (χ0n) is 10.8. The van der Waals surface area contributed by atoms with Crippen LogP contribution in [0.2, 0.25) is 5.02 Å². The Morgan fingerprint density at radius 2 is 2.00 bits per heavy atom. The molecule has 0 N–H and O–H groups in total. The van der Waals surface area contributed by atoms with E-state index in [1.807, 2.05) is 30.3 Å². The molecule has 2 aromatic rings. The van der Waals surface area contributed by atoms with E-state index < -0.39 is 0 Å². The van der Waals surface area contributed by atoms with Gasteiger partial charge in [0.25, 0.3) is 0 Å². The lowest BCUT2D eigenvalue weighted by atomic mass is 10.1. The minimum atomic E-state index is 0.0202. The van der Waals surface area contributed by atoms with E-state index in [9.17, 15) is 0 Å². The summed E-state index contributed by atoms with van der Waals surface area (Å²) in [6.07, 6.45) is 0.878. The van der Waals surface area contributed by atoms with Crippen molar-refractivity contribution < 1.29 is 9.47 Å². The van der Waals surface area contributed by atoms with Gasteiger partial charge in [0.05, 0.1) is 10.9 Å². The first kappa shape index (κ1) is 13.6. The van der Waals surface area contributed by atoms with Gasteiger partial charge in [0.15, 0.2) is 0 Å². The van der Waals surface area contributed by atoms with Crippen LogP contribution in [-0.2, 0) is 12.3 Å². The molecule has 0 saturated heterocycles. The molecule has 0 aliphatic carbocycles. The second kappa shape index (κ2) is 5.94. The normalized spacial score (nSPS) is 16.6. The van der Waals surface area contributed by atoms with Gasteiger partial charge < -0.3 is 9.47 Å². The van der Waals surface area contributed by atoms with Gasteiger partial charge in [0.2, 0.25) is 0 Å². The van der Waals surface area contributed by atoms with Gasteiger partial charge in [-0.05, 0) is 17.7 Å². The van der Waals surface area contributed by atoms with Gasteiger partial charge in [-0.15, -0.1) is 11.6 Å². The van der Waals surface area contributed by atoms with E-state index in [1.54, 1.807) is 6.07 Å². The highest BCUT2D eigenvalue weighted by Crippen LogP contribution is 2.32. The quantitative estimate of drug-likeness (QED) is 0.776. The molecule has 0 spiro atoms. The van der Waals surface area contributed by atoms with Crippen molar-refractivity contribution in [2.45, 2.75) is 18.4 Å². The van der Waals surface area contributed by atoms with Crippen molar-refractivity contribution in [3.05, 3.63) is 58.6 Å². The van der Waals surface area contributed by atoms with Crippen molar-refractivity contribution in [1.29, 1.82) is 0 Å². The van der Waals surface area contributed by atoms with Gasteiger partial charge in [0.1, 0.15) is 24.2 Å². The largest absolute Gasteiger partial charge is 0.488 e. The number of alkyl halides is 1. The summed E-state index contributed by atoms with van der Waals surface area (Å²) in [5, 5.41) is 0.582. The summed E-state index contributed by atoms with van der Waals surface area (Å²) in [5.41, 5.74) is 2.12. The molecule has 1 atom stereocenters. The zero-order chi connectivity index (χ0) is 13.9. The lowest BCUT2D eigenvalue weighted by molar-refractivity contribution is 0.148. The van der Waals surface area contributed by atoms with Crippen molar-refractivity contribution in [2.24, 2.45) is 0 Å². The third kappa shape index (κ3) is 2.72. The summed E-state index contributed by atoms with van der Waals surface area (Å²) >= 11 is 12.1. The Morgan fingerprint density at radius 3 is 2.80 bits per heavy atom. The van der Waals surface area contributed by atoms with Crippen LogP contribution in [0.15, 0.2) is 42.5 Å². The van der Waals surface area contributed by atoms with E-state index in [-0.39, 0.29) is 6.10 Å². The molecule has 0 fully saturated rings. The van der Waals surface area contributed by atoms with E-state index >= 15 is 0 Å². The molecule has 1 aliphatic rings. The number of hydrogen-bond acceptors (Lipinski definition) is 2. The first-order valence-electron chi connectivity index (χ1n) is 6.48. The van der Waals surface area contributed by atoms with Crippen LogP contribution in [0, 0.1) is 0 Å². The van der Waals surface area contributed by atoms with Crippen LogP contribution in [0.25, 0.3) is 0 Å². The molecule has 2 aromatic carbocycles. The van der Waals surface area contributed by atoms with Crippen molar-refractivity contribution in [2.75, 3.05) is 6.61 Å². The molecule has 104 valence electrons. The molecule has 0 saturated carbocycles. The SMILES string of the molecule is ClCc1cccc(Cl)c1OCC1Cc2ccccc2O1. The summed E-state index contributed by atoms with van der Waals surface area (Å²) in [7, 11) is 0. The van der Waals surface area contributed by atoms with Gasteiger partial charge in [-0.3, -0.25) is 0 Å². The smallest absolute Gasteiger partial charge is 0.142 e. The molecule has 2 nitrogen and oxygen atoms in total. The van der Waals surface area contributed by atoms with E-state index in [1.165, 1.54) is 5.56 Å². The maximum atomic E-state index is 6.16. The van der Waals surface area contributed by atoms with Crippen LogP contribution < -0.4 is 9.47 Å². The van der Waals surface area contributed by atoms with Gasteiger partial charge in [-0.25, -0.2) is 0 Å². The number of hydrogen-bond donors (Lipinski definition) is 0. The van der Waals surface area contributed by atoms with Gasteiger partial charge in [-0.1, -0.05) is 41.9 Å². The Balaban J connectivity index is 1.67. The maximum Gasteiger partial charge on any atom is 0.142 e. The van der Waals surface area contributed by atoms with Crippen LogP contribution in [0.5, 0.6) is 11.5 Å². The highest BCUT2D eigenvalue weighted by atomic mass is 35.5. The van der Waals surface area contributed by atoms with Crippen molar-refractivity contribution >= 4 is 23.2 Å². The van der Waals surface area contributed by atoms with E-state index in [0.717, 1.165) is 17.7 Å². The Labute approximate surface area is 128 Å². The van der Waals surface area contributed by atoms with Gasteiger partial charge in [0, 0.05) is 12.0 Å². The Morgan fingerprint density at radius 1 is 1.15 bits per heavy atom. The molecule has 4 heteroatoms. The van der Waals surface area contributed by atoms with Crippen LogP contribution in [0.3, 0.4) is 0 Å². The summed E-state index contributed by atoms with van der Waals surface area (Å²) in [6, 6.07) is 13.6. The number of benzene rings is 2. The first-order valence-corrected chi connectivity index (χ1v) is 7.40. The predicted molar refractivity (Wildman–Crippen MR) is 81.1 cm³/mol.